The molecule has 3 aromatic rings. The Labute approximate surface area is 195 Å². The first-order valence-corrected chi connectivity index (χ1v) is 10.9. The smallest absolute Gasteiger partial charge is 0.282 e. The summed E-state index contributed by atoms with van der Waals surface area (Å²) < 4.78 is 8.30. The van der Waals surface area contributed by atoms with Crippen LogP contribution < -0.4 is 16.0 Å². The van der Waals surface area contributed by atoms with Gasteiger partial charge in [0.15, 0.2) is 6.61 Å². The number of nitrogens with zero attached hydrogens (tertiary/aromatic N) is 3. The molecule has 0 aliphatic heterocycles. The van der Waals surface area contributed by atoms with E-state index in [0.29, 0.717) is 22.5 Å². The van der Waals surface area contributed by atoms with E-state index in [4.69, 9.17) is 15.5 Å². The minimum absolute atomic E-state index is 0.188. The molecular formula is C21H20BrIN4O3. The molecule has 3 rings (SSSR count). The molecule has 0 radical (unpaired) electrons. The molecule has 7 nitrogen and oxygen atoms in total. The van der Waals surface area contributed by atoms with E-state index in [-0.39, 0.29) is 12.2 Å². The number of carbonyl (C=O) groups excluding carboxylic acids is 1. The number of benzene rings is 2. The lowest BCUT2D eigenvalue weighted by molar-refractivity contribution is -0.119. The Balaban J connectivity index is 2.05. The van der Waals surface area contributed by atoms with Gasteiger partial charge in [0.2, 0.25) is 0 Å². The fourth-order valence-corrected chi connectivity index (χ4v) is 3.79. The molecule has 0 aliphatic rings. The summed E-state index contributed by atoms with van der Waals surface area (Å²) >= 11 is 5.51. The number of aromatic nitrogens is 2. The first kappa shape index (κ1) is 22.4. The number of carbonyl (C=O) groups is 1. The van der Waals surface area contributed by atoms with Gasteiger partial charge in [-0.2, -0.15) is 9.78 Å². The van der Waals surface area contributed by atoms with Crippen molar-refractivity contribution in [3.05, 3.63) is 66.2 Å². The van der Waals surface area contributed by atoms with E-state index >= 15 is 0 Å². The Morgan fingerprint density at radius 1 is 1.30 bits per heavy atom. The quantitative estimate of drug-likeness (QED) is 0.365. The lowest BCUT2D eigenvalue weighted by Gasteiger charge is -2.20. The fraction of sp³-hybridized carbons (Fsp3) is 0.238. The van der Waals surface area contributed by atoms with E-state index < -0.39 is 11.3 Å². The normalized spacial score (nSPS) is 11.9. The lowest BCUT2D eigenvalue weighted by atomic mass is 9.95. The molecule has 0 aliphatic carbocycles. The number of primary amides is 1. The van der Waals surface area contributed by atoms with Crippen molar-refractivity contribution in [3.8, 4) is 5.75 Å². The van der Waals surface area contributed by atoms with Gasteiger partial charge in [0.1, 0.15) is 11.6 Å². The van der Waals surface area contributed by atoms with E-state index in [2.05, 4.69) is 43.6 Å². The van der Waals surface area contributed by atoms with Crippen molar-refractivity contribution in [2.45, 2.75) is 26.2 Å². The average molecular weight is 583 g/mol. The molecule has 30 heavy (non-hydrogen) atoms. The average Bonchev–Trinajstić information content (AvgIpc) is 2.66. The third-order valence-electron chi connectivity index (χ3n) is 4.13. The molecule has 2 aromatic carbocycles. The first-order valence-electron chi connectivity index (χ1n) is 9.04. The zero-order valence-corrected chi connectivity index (χ0v) is 20.4. The molecule has 0 spiro atoms. The van der Waals surface area contributed by atoms with Crippen LogP contribution in [0.2, 0.25) is 0 Å². The second-order valence-electron chi connectivity index (χ2n) is 7.65. The second kappa shape index (κ2) is 8.84. The van der Waals surface area contributed by atoms with Crippen LogP contribution >= 0.6 is 38.5 Å². The van der Waals surface area contributed by atoms with Crippen molar-refractivity contribution in [1.82, 2.24) is 9.66 Å². The van der Waals surface area contributed by atoms with Gasteiger partial charge in [0.25, 0.3) is 11.5 Å². The summed E-state index contributed by atoms with van der Waals surface area (Å²) in [4.78, 5) is 28.8. The van der Waals surface area contributed by atoms with Gasteiger partial charge in [-0.25, -0.2) is 4.98 Å². The van der Waals surface area contributed by atoms with Crippen molar-refractivity contribution < 1.29 is 9.53 Å². The molecule has 156 valence electrons. The predicted octanol–water partition coefficient (Wildman–Crippen LogP) is 3.81. The number of halogens is 2. The summed E-state index contributed by atoms with van der Waals surface area (Å²) in [5, 5.41) is 4.94. The third kappa shape index (κ3) is 5.07. The van der Waals surface area contributed by atoms with Crippen molar-refractivity contribution >= 4 is 61.5 Å². The van der Waals surface area contributed by atoms with Gasteiger partial charge < -0.3 is 10.5 Å². The van der Waals surface area contributed by atoms with Gasteiger partial charge in [-0.15, -0.1) is 0 Å². The predicted molar refractivity (Wildman–Crippen MR) is 129 cm³/mol. The SMILES string of the molecule is CC(C)(C)c1nc2ccc(Br)cc2c(=O)n1N=Cc1ccc(OCC(N)=O)c(I)c1. The zero-order valence-electron chi connectivity index (χ0n) is 16.6. The monoisotopic (exact) mass is 582 g/mol. The molecular weight excluding hydrogens is 563 g/mol. The molecule has 0 atom stereocenters. The van der Waals surface area contributed by atoms with E-state index in [9.17, 15) is 9.59 Å². The Morgan fingerprint density at radius 2 is 2.03 bits per heavy atom. The van der Waals surface area contributed by atoms with E-state index in [1.165, 1.54) is 4.68 Å². The topological polar surface area (TPSA) is 99.6 Å². The molecule has 0 saturated heterocycles. The summed E-state index contributed by atoms with van der Waals surface area (Å²) in [6.07, 6.45) is 1.60. The Hall–Kier alpha value is -2.27. The van der Waals surface area contributed by atoms with Crippen LogP contribution in [0.4, 0.5) is 0 Å². The number of fused-ring (bicyclic) bond motifs is 1. The van der Waals surface area contributed by atoms with Crippen molar-refractivity contribution in [3.63, 3.8) is 0 Å². The molecule has 0 fully saturated rings. The summed E-state index contributed by atoms with van der Waals surface area (Å²) in [5.41, 5.74) is 5.89. The van der Waals surface area contributed by atoms with Gasteiger partial charge >= 0.3 is 0 Å². The van der Waals surface area contributed by atoms with Crippen LogP contribution in [0.5, 0.6) is 5.75 Å². The van der Waals surface area contributed by atoms with E-state index in [1.54, 1.807) is 24.4 Å². The summed E-state index contributed by atoms with van der Waals surface area (Å²) in [5.74, 6) is 0.576. The number of hydrogen-bond donors (Lipinski definition) is 1. The standard InChI is InChI=1S/C21H20BrIN4O3/c1-21(2,3)20-26-16-6-5-13(22)9-14(16)19(29)27(20)25-10-12-4-7-17(15(23)8-12)30-11-18(24)28/h4-10H,11H2,1-3H3,(H2,24,28). The number of nitrogens with two attached hydrogens (primary N) is 1. The fourth-order valence-electron chi connectivity index (χ4n) is 2.73. The van der Waals surface area contributed by atoms with Crippen LogP contribution in [0, 0.1) is 3.57 Å². The van der Waals surface area contributed by atoms with Crippen LogP contribution in [-0.2, 0) is 10.2 Å². The molecule has 1 amide bonds. The van der Waals surface area contributed by atoms with Crippen molar-refractivity contribution in [1.29, 1.82) is 0 Å². The van der Waals surface area contributed by atoms with Crippen LogP contribution in [-0.4, -0.2) is 28.4 Å². The van der Waals surface area contributed by atoms with Gasteiger partial charge in [-0.05, 0) is 64.6 Å². The second-order valence-corrected chi connectivity index (χ2v) is 9.73. The maximum absolute atomic E-state index is 13.2. The molecule has 2 N–H and O–H groups in total. The minimum Gasteiger partial charge on any atom is -0.483 e. The molecule has 0 unspecified atom stereocenters. The molecule has 1 aromatic heterocycles. The molecule has 0 bridgehead atoms. The summed E-state index contributed by atoms with van der Waals surface area (Å²) in [7, 11) is 0. The Kier molecular flexibility index (Phi) is 6.61. The lowest BCUT2D eigenvalue weighted by Crippen LogP contribution is -2.29. The maximum atomic E-state index is 13.2. The van der Waals surface area contributed by atoms with E-state index in [1.807, 2.05) is 39.0 Å². The van der Waals surface area contributed by atoms with Crippen LogP contribution in [0.1, 0.15) is 32.2 Å². The largest absolute Gasteiger partial charge is 0.483 e. The first-order chi connectivity index (χ1) is 14.1. The van der Waals surface area contributed by atoms with Crippen molar-refractivity contribution in [2.24, 2.45) is 10.8 Å². The highest BCUT2D eigenvalue weighted by atomic mass is 127. The number of amides is 1. The Morgan fingerprint density at radius 3 is 2.67 bits per heavy atom. The molecule has 9 heteroatoms. The van der Waals surface area contributed by atoms with Crippen molar-refractivity contribution in [2.75, 3.05) is 6.61 Å². The highest BCUT2D eigenvalue weighted by Gasteiger charge is 2.22. The maximum Gasteiger partial charge on any atom is 0.282 e. The number of rotatable bonds is 5. The van der Waals surface area contributed by atoms with Gasteiger partial charge in [0, 0.05) is 9.89 Å². The van der Waals surface area contributed by atoms with Crippen LogP contribution in [0.15, 0.2) is 50.8 Å². The zero-order chi connectivity index (χ0) is 22.1. The van der Waals surface area contributed by atoms with Crippen LogP contribution in [0.25, 0.3) is 10.9 Å². The highest BCUT2D eigenvalue weighted by molar-refractivity contribution is 14.1. The summed E-state index contributed by atoms with van der Waals surface area (Å²) in [6, 6.07) is 10.8. The summed E-state index contributed by atoms with van der Waals surface area (Å²) in [6.45, 7) is 5.77. The third-order valence-corrected chi connectivity index (χ3v) is 5.46. The number of hydrogen-bond acceptors (Lipinski definition) is 5. The van der Waals surface area contributed by atoms with Gasteiger partial charge in [-0.1, -0.05) is 36.7 Å². The van der Waals surface area contributed by atoms with Gasteiger partial charge in [-0.3, -0.25) is 9.59 Å². The van der Waals surface area contributed by atoms with Gasteiger partial charge in [0.05, 0.1) is 20.7 Å². The molecule has 0 saturated carbocycles. The highest BCUT2D eigenvalue weighted by Crippen LogP contribution is 2.24. The van der Waals surface area contributed by atoms with Crippen LogP contribution in [0.3, 0.4) is 0 Å². The minimum atomic E-state index is -0.541. The number of ether oxygens (including phenoxy) is 1. The Bertz CT molecular complexity index is 1220. The molecule has 1 heterocycles. The van der Waals surface area contributed by atoms with E-state index in [0.717, 1.165) is 13.6 Å².